The standard InChI is InChI=1S/C14H20ClNO/c15-11-14(7-8-14)12-16-9-4-10-17-13-5-2-1-3-6-13/h1-3,5-6,16H,4,7-12H2. The first kappa shape index (κ1) is 12.7. The van der Waals surface area contributed by atoms with Crippen LogP contribution in [0.3, 0.4) is 0 Å². The molecule has 1 aromatic carbocycles. The number of para-hydroxylation sites is 1. The van der Waals surface area contributed by atoms with Crippen molar-refractivity contribution in [3.05, 3.63) is 30.3 Å². The van der Waals surface area contributed by atoms with Crippen LogP contribution in [0.15, 0.2) is 30.3 Å². The lowest BCUT2D eigenvalue weighted by Crippen LogP contribution is -2.26. The summed E-state index contributed by atoms with van der Waals surface area (Å²) in [6.07, 6.45) is 3.60. The lowest BCUT2D eigenvalue weighted by molar-refractivity contribution is 0.306. The maximum atomic E-state index is 5.91. The topological polar surface area (TPSA) is 21.3 Å². The molecule has 0 aliphatic heterocycles. The molecule has 0 bridgehead atoms. The molecule has 2 rings (SSSR count). The number of benzene rings is 1. The maximum absolute atomic E-state index is 5.91. The van der Waals surface area contributed by atoms with E-state index in [1.165, 1.54) is 12.8 Å². The summed E-state index contributed by atoms with van der Waals surface area (Å²) in [5.74, 6) is 1.74. The van der Waals surface area contributed by atoms with Crippen molar-refractivity contribution < 1.29 is 4.74 Å². The molecule has 0 heterocycles. The van der Waals surface area contributed by atoms with Gasteiger partial charge in [0.05, 0.1) is 6.61 Å². The summed E-state index contributed by atoms with van der Waals surface area (Å²) < 4.78 is 5.61. The van der Waals surface area contributed by atoms with E-state index in [9.17, 15) is 0 Å². The number of ether oxygens (including phenoxy) is 1. The van der Waals surface area contributed by atoms with Crippen molar-refractivity contribution in [1.29, 1.82) is 0 Å². The first-order valence-electron chi connectivity index (χ1n) is 6.29. The molecule has 1 N–H and O–H groups in total. The average molecular weight is 254 g/mol. The third-order valence-corrected chi connectivity index (χ3v) is 3.82. The van der Waals surface area contributed by atoms with Gasteiger partial charge in [0, 0.05) is 12.4 Å². The van der Waals surface area contributed by atoms with Gasteiger partial charge in [-0.1, -0.05) is 18.2 Å². The fourth-order valence-corrected chi connectivity index (χ4v) is 2.15. The van der Waals surface area contributed by atoms with Crippen LogP contribution in [0.25, 0.3) is 0 Å². The number of nitrogens with one attached hydrogen (secondary N) is 1. The molecule has 0 atom stereocenters. The third-order valence-electron chi connectivity index (χ3n) is 3.25. The van der Waals surface area contributed by atoms with Crippen LogP contribution in [0.2, 0.25) is 0 Å². The molecule has 17 heavy (non-hydrogen) atoms. The van der Waals surface area contributed by atoms with Gasteiger partial charge >= 0.3 is 0 Å². The number of hydrogen-bond donors (Lipinski definition) is 1. The van der Waals surface area contributed by atoms with E-state index in [0.717, 1.165) is 37.7 Å². The predicted octanol–water partition coefficient (Wildman–Crippen LogP) is 3.06. The van der Waals surface area contributed by atoms with Crippen molar-refractivity contribution >= 4 is 11.6 Å². The fourth-order valence-electron chi connectivity index (χ4n) is 1.79. The molecule has 0 amide bonds. The largest absolute Gasteiger partial charge is 0.494 e. The van der Waals surface area contributed by atoms with Gasteiger partial charge in [0.15, 0.2) is 0 Å². The summed E-state index contributed by atoms with van der Waals surface area (Å²) in [5, 5.41) is 3.46. The minimum absolute atomic E-state index is 0.418. The Morgan fingerprint density at radius 2 is 2.00 bits per heavy atom. The van der Waals surface area contributed by atoms with Gasteiger partial charge in [-0.15, -0.1) is 11.6 Å². The third kappa shape index (κ3) is 4.21. The lowest BCUT2D eigenvalue weighted by Gasteiger charge is -2.12. The first-order valence-corrected chi connectivity index (χ1v) is 6.83. The van der Waals surface area contributed by atoms with Gasteiger partial charge in [-0.05, 0) is 43.4 Å². The van der Waals surface area contributed by atoms with E-state index in [4.69, 9.17) is 16.3 Å². The lowest BCUT2D eigenvalue weighted by atomic mass is 10.1. The molecule has 2 nitrogen and oxygen atoms in total. The Morgan fingerprint density at radius 3 is 2.65 bits per heavy atom. The number of hydrogen-bond acceptors (Lipinski definition) is 2. The summed E-state index contributed by atoms with van der Waals surface area (Å²) in [4.78, 5) is 0. The fraction of sp³-hybridized carbons (Fsp3) is 0.571. The van der Waals surface area contributed by atoms with Gasteiger partial charge in [0.25, 0.3) is 0 Å². The highest BCUT2D eigenvalue weighted by atomic mass is 35.5. The molecule has 1 fully saturated rings. The smallest absolute Gasteiger partial charge is 0.119 e. The molecule has 1 aliphatic rings. The highest BCUT2D eigenvalue weighted by Gasteiger charge is 2.40. The minimum Gasteiger partial charge on any atom is -0.494 e. The van der Waals surface area contributed by atoms with Crippen LogP contribution < -0.4 is 10.1 Å². The van der Waals surface area contributed by atoms with Gasteiger partial charge in [0.2, 0.25) is 0 Å². The van der Waals surface area contributed by atoms with Crippen LogP contribution in [0.1, 0.15) is 19.3 Å². The summed E-state index contributed by atoms with van der Waals surface area (Å²) in [5.41, 5.74) is 0.418. The molecule has 1 aliphatic carbocycles. The number of halogens is 1. The van der Waals surface area contributed by atoms with Crippen molar-refractivity contribution in [1.82, 2.24) is 5.32 Å². The zero-order valence-electron chi connectivity index (χ0n) is 10.1. The molecule has 0 spiro atoms. The minimum atomic E-state index is 0.418. The highest BCUT2D eigenvalue weighted by Crippen LogP contribution is 2.45. The van der Waals surface area contributed by atoms with E-state index >= 15 is 0 Å². The van der Waals surface area contributed by atoms with Gasteiger partial charge in [-0.3, -0.25) is 0 Å². The van der Waals surface area contributed by atoms with Crippen LogP contribution in [-0.4, -0.2) is 25.6 Å². The van der Waals surface area contributed by atoms with E-state index < -0.39 is 0 Å². The first-order chi connectivity index (χ1) is 8.35. The van der Waals surface area contributed by atoms with E-state index in [1.807, 2.05) is 30.3 Å². The monoisotopic (exact) mass is 253 g/mol. The predicted molar refractivity (Wildman–Crippen MR) is 71.8 cm³/mol. The molecular formula is C14H20ClNO. The van der Waals surface area contributed by atoms with Crippen LogP contribution in [0, 0.1) is 5.41 Å². The van der Waals surface area contributed by atoms with Gasteiger partial charge in [0.1, 0.15) is 5.75 Å². The number of alkyl halides is 1. The van der Waals surface area contributed by atoms with Gasteiger partial charge < -0.3 is 10.1 Å². The second-order valence-corrected chi connectivity index (χ2v) is 5.09. The second kappa shape index (κ2) is 6.27. The van der Waals surface area contributed by atoms with E-state index in [-0.39, 0.29) is 0 Å². The van der Waals surface area contributed by atoms with Crippen molar-refractivity contribution in [2.45, 2.75) is 19.3 Å². The summed E-state index contributed by atoms with van der Waals surface area (Å²) in [6, 6.07) is 9.95. The molecule has 1 aromatic rings. The zero-order chi connectivity index (χ0) is 12.0. The van der Waals surface area contributed by atoms with Crippen molar-refractivity contribution in [2.24, 2.45) is 5.41 Å². The van der Waals surface area contributed by atoms with Crippen LogP contribution in [-0.2, 0) is 0 Å². The SMILES string of the molecule is ClCC1(CNCCCOc2ccccc2)CC1. The maximum Gasteiger partial charge on any atom is 0.119 e. The van der Waals surface area contributed by atoms with Crippen molar-refractivity contribution in [3.8, 4) is 5.75 Å². The summed E-state index contributed by atoms with van der Waals surface area (Å²) in [6.45, 7) is 2.83. The van der Waals surface area contributed by atoms with E-state index in [1.54, 1.807) is 0 Å². The van der Waals surface area contributed by atoms with Crippen LogP contribution >= 0.6 is 11.6 Å². The Balaban J connectivity index is 1.50. The highest BCUT2D eigenvalue weighted by molar-refractivity contribution is 6.18. The van der Waals surface area contributed by atoms with Crippen LogP contribution in [0.4, 0.5) is 0 Å². The Bertz CT molecular complexity index is 324. The molecule has 1 saturated carbocycles. The average Bonchev–Trinajstić information content (AvgIpc) is 3.16. The molecule has 3 heteroatoms. The Hall–Kier alpha value is -0.730. The van der Waals surface area contributed by atoms with Crippen LogP contribution in [0.5, 0.6) is 5.75 Å². The Labute approximate surface area is 108 Å². The molecule has 0 aromatic heterocycles. The quantitative estimate of drug-likeness (QED) is 0.568. The van der Waals surface area contributed by atoms with E-state index in [2.05, 4.69) is 5.32 Å². The summed E-state index contributed by atoms with van der Waals surface area (Å²) >= 11 is 5.91. The zero-order valence-corrected chi connectivity index (χ0v) is 10.9. The summed E-state index contributed by atoms with van der Waals surface area (Å²) in [7, 11) is 0. The molecule has 94 valence electrons. The van der Waals surface area contributed by atoms with Gasteiger partial charge in [-0.25, -0.2) is 0 Å². The van der Waals surface area contributed by atoms with Crippen molar-refractivity contribution in [3.63, 3.8) is 0 Å². The molecule has 0 saturated heterocycles. The molecule has 0 unspecified atom stereocenters. The normalized spacial score (nSPS) is 16.8. The number of rotatable bonds is 8. The Morgan fingerprint density at radius 1 is 1.24 bits per heavy atom. The molecular weight excluding hydrogens is 234 g/mol. The Kier molecular flexibility index (Phi) is 4.69. The van der Waals surface area contributed by atoms with Gasteiger partial charge in [-0.2, -0.15) is 0 Å². The second-order valence-electron chi connectivity index (χ2n) is 4.83. The van der Waals surface area contributed by atoms with Crippen molar-refractivity contribution in [2.75, 3.05) is 25.6 Å². The van der Waals surface area contributed by atoms with E-state index in [0.29, 0.717) is 5.41 Å². The molecule has 0 radical (unpaired) electrons.